The molecular weight excluding hydrogens is 314 g/mol. The minimum absolute atomic E-state index is 0.0828. The average Bonchev–Trinajstić information content (AvgIpc) is 2.92. The third kappa shape index (κ3) is 2.92. The predicted molar refractivity (Wildman–Crippen MR) is 84.2 cm³/mol. The van der Waals surface area contributed by atoms with E-state index in [0.717, 1.165) is 16.5 Å². The molecule has 0 spiro atoms. The van der Waals surface area contributed by atoms with E-state index in [2.05, 4.69) is 50.6 Å². The number of pyridine rings is 1. The van der Waals surface area contributed by atoms with Crippen molar-refractivity contribution in [2.24, 2.45) is 5.84 Å². The van der Waals surface area contributed by atoms with Gasteiger partial charge in [0, 0.05) is 16.9 Å². The van der Waals surface area contributed by atoms with Gasteiger partial charge >= 0.3 is 0 Å². The Labute approximate surface area is 127 Å². The highest BCUT2D eigenvalue weighted by atomic mass is 79.9. The van der Waals surface area contributed by atoms with Gasteiger partial charge in [-0.2, -0.15) is 0 Å². The first-order valence-corrected chi connectivity index (χ1v) is 7.73. The Morgan fingerprint density at radius 1 is 1.20 bits per heavy atom. The number of halogens is 1. The molecule has 0 radical (unpaired) electrons. The summed E-state index contributed by atoms with van der Waals surface area (Å²) >= 11 is 3.45. The van der Waals surface area contributed by atoms with Gasteiger partial charge in [-0.05, 0) is 69.9 Å². The first kappa shape index (κ1) is 13.7. The molecule has 1 aliphatic carbocycles. The zero-order valence-electron chi connectivity index (χ0n) is 11.3. The molecule has 1 heterocycles. The zero-order valence-corrected chi connectivity index (χ0v) is 12.9. The SMILES string of the molecule is NNC(Cc1ccc2c(c1)CCC2)c1cncc(Br)c1. The molecular formula is C16H18BrN3. The van der Waals surface area contributed by atoms with Crippen molar-refractivity contribution in [3.8, 4) is 0 Å². The van der Waals surface area contributed by atoms with Crippen LogP contribution < -0.4 is 11.3 Å². The highest BCUT2D eigenvalue weighted by Gasteiger charge is 2.15. The summed E-state index contributed by atoms with van der Waals surface area (Å²) in [6.45, 7) is 0. The van der Waals surface area contributed by atoms with E-state index in [9.17, 15) is 0 Å². The van der Waals surface area contributed by atoms with Crippen LogP contribution in [0.4, 0.5) is 0 Å². The number of aryl methyl sites for hydroxylation is 2. The van der Waals surface area contributed by atoms with Crippen molar-refractivity contribution in [1.29, 1.82) is 0 Å². The third-order valence-electron chi connectivity index (χ3n) is 3.93. The van der Waals surface area contributed by atoms with Crippen LogP contribution in [0, 0.1) is 0 Å². The first-order valence-electron chi connectivity index (χ1n) is 6.93. The third-order valence-corrected chi connectivity index (χ3v) is 4.37. The van der Waals surface area contributed by atoms with Gasteiger partial charge in [0.05, 0.1) is 6.04 Å². The Morgan fingerprint density at radius 3 is 2.85 bits per heavy atom. The lowest BCUT2D eigenvalue weighted by Gasteiger charge is -2.17. The molecule has 0 bridgehead atoms. The highest BCUT2D eigenvalue weighted by Crippen LogP contribution is 2.25. The quantitative estimate of drug-likeness (QED) is 0.668. The summed E-state index contributed by atoms with van der Waals surface area (Å²) in [5.41, 5.74) is 8.34. The summed E-state index contributed by atoms with van der Waals surface area (Å²) in [6.07, 6.45) is 8.25. The minimum Gasteiger partial charge on any atom is -0.271 e. The van der Waals surface area contributed by atoms with Gasteiger partial charge in [-0.25, -0.2) is 0 Å². The fourth-order valence-electron chi connectivity index (χ4n) is 2.88. The maximum absolute atomic E-state index is 5.72. The van der Waals surface area contributed by atoms with E-state index < -0.39 is 0 Å². The number of hydrazine groups is 1. The van der Waals surface area contributed by atoms with E-state index in [-0.39, 0.29) is 6.04 Å². The van der Waals surface area contributed by atoms with E-state index in [1.807, 2.05) is 6.20 Å². The molecule has 104 valence electrons. The molecule has 0 fully saturated rings. The summed E-state index contributed by atoms with van der Waals surface area (Å²) in [4.78, 5) is 4.21. The lowest BCUT2D eigenvalue weighted by molar-refractivity contribution is 0.550. The van der Waals surface area contributed by atoms with Crippen LogP contribution in [0.2, 0.25) is 0 Å². The van der Waals surface area contributed by atoms with Gasteiger partial charge in [0.15, 0.2) is 0 Å². The lowest BCUT2D eigenvalue weighted by Crippen LogP contribution is -2.29. The normalized spacial score (nSPS) is 15.1. The van der Waals surface area contributed by atoms with Gasteiger partial charge in [0.2, 0.25) is 0 Å². The largest absolute Gasteiger partial charge is 0.271 e. The molecule has 3 nitrogen and oxygen atoms in total. The second-order valence-corrected chi connectivity index (χ2v) is 6.23. The molecule has 4 heteroatoms. The summed E-state index contributed by atoms with van der Waals surface area (Å²) in [6, 6.07) is 8.97. The number of nitrogens with zero attached hydrogens (tertiary/aromatic N) is 1. The summed E-state index contributed by atoms with van der Waals surface area (Å²) in [7, 11) is 0. The van der Waals surface area contributed by atoms with Crippen molar-refractivity contribution in [1.82, 2.24) is 10.4 Å². The molecule has 3 rings (SSSR count). The molecule has 0 saturated carbocycles. The number of fused-ring (bicyclic) bond motifs is 1. The van der Waals surface area contributed by atoms with Crippen molar-refractivity contribution in [2.45, 2.75) is 31.7 Å². The number of nitrogens with two attached hydrogens (primary N) is 1. The van der Waals surface area contributed by atoms with Crippen molar-refractivity contribution < 1.29 is 0 Å². The van der Waals surface area contributed by atoms with Crippen molar-refractivity contribution in [3.63, 3.8) is 0 Å². The number of rotatable bonds is 4. The number of benzene rings is 1. The Hall–Kier alpha value is -1.23. The number of aromatic nitrogens is 1. The monoisotopic (exact) mass is 331 g/mol. The van der Waals surface area contributed by atoms with Gasteiger partial charge in [-0.3, -0.25) is 16.3 Å². The van der Waals surface area contributed by atoms with Crippen LogP contribution in [-0.2, 0) is 19.3 Å². The fraction of sp³-hybridized carbons (Fsp3) is 0.312. The summed E-state index contributed by atoms with van der Waals surface area (Å²) in [5, 5.41) is 0. The molecule has 1 aliphatic rings. The number of hydrogen-bond acceptors (Lipinski definition) is 3. The molecule has 0 amide bonds. The lowest BCUT2D eigenvalue weighted by atomic mass is 9.98. The highest BCUT2D eigenvalue weighted by molar-refractivity contribution is 9.10. The van der Waals surface area contributed by atoms with Crippen LogP contribution in [0.3, 0.4) is 0 Å². The number of hydrogen-bond donors (Lipinski definition) is 2. The maximum Gasteiger partial charge on any atom is 0.0515 e. The van der Waals surface area contributed by atoms with E-state index >= 15 is 0 Å². The van der Waals surface area contributed by atoms with Crippen LogP contribution in [0.5, 0.6) is 0 Å². The van der Waals surface area contributed by atoms with Gasteiger partial charge in [-0.1, -0.05) is 18.2 Å². The van der Waals surface area contributed by atoms with Gasteiger partial charge in [0.25, 0.3) is 0 Å². The molecule has 20 heavy (non-hydrogen) atoms. The second-order valence-electron chi connectivity index (χ2n) is 5.32. The molecule has 1 atom stereocenters. The van der Waals surface area contributed by atoms with E-state index in [1.165, 1.54) is 36.0 Å². The average molecular weight is 332 g/mol. The zero-order chi connectivity index (χ0) is 13.9. The summed E-state index contributed by atoms with van der Waals surface area (Å²) < 4.78 is 0.976. The standard InChI is InChI=1S/C16H18BrN3/c17-15-8-14(9-19-10-15)16(20-18)7-11-4-5-12-2-1-3-13(12)6-11/h4-6,8-10,16,20H,1-3,7,18H2. The maximum atomic E-state index is 5.72. The van der Waals surface area contributed by atoms with Crippen LogP contribution in [0.1, 0.15) is 34.7 Å². The van der Waals surface area contributed by atoms with Crippen molar-refractivity contribution in [3.05, 3.63) is 63.4 Å². The predicted octanol–water partition coefficient (Wildman–Crippen LogP) is 3.08. The Balaban J connectivity index is 1.81. The molecule has 1 aromatic heterocycles. The molecule has 1 unspecified atom stereocenters. The smallest absolute Gasteiger partial charge is 0.0515 e. The second kappa shape index (κ2) is 6.04. The van der Waals surface area contributed by atoms with E-state index in [1.54, 1.807) is 6.20 Å². The van der Waals surface area contributed by atoms with E-state index in [0.29, 0.717) is 0 Å². The summed E-state index contributed by atoms with van der Waals surface area (Å²) in [5.74, 6) is 5.72. The Morgan fingerprint density at radius 2 is 2.05 bits per heavy atom. The molecule has 3 N–H and O–H groups in total. The molecule has 1 aromatic carbocycles. The molecule has 0 aliphatic heterocycles. The van der Waals surface area contributed by atoms with Crippen molar-refractivity contribution in [2.75, 3.05) is 0 Å². The van der Waals surface area contributed by atoms with Gasteiger partial charge in [0.1, 0.15) is 0 Å². The first-order chi connectivity index (χ1) is 9.76. The minimum atomic E-state index is 0.0828. The van der Waals surface area contributed by atoms with Crippen LogP contribution in [-0.4, -0.2) is 4.98 Å². The fourth-order valence-corrected chi connectivity index (χ4v) is 3.26. The number of nitrogens with one attached hydrogen (secondary N) is 1. The Bertz CT molecular complexity index is 612. The van der Waals surface area contributed by atoms with Crippen LogP contribution in [0.15, 0.2) is 41.1 Å². The topological polar surface area (TPSA) is 50.9 Å². The van der Waals surface area contributed by atoms with Crippen LogP contribution >= 0.6 is 15.9 Å². The van der Waals surface area contributed by atoms with Gasteiger partial charge < -0.3 is 0 Å². The molecule has 0 saturated heterocycles. The Kier molecular flexibility index (Phi) is 4.15. The van der Waals surface area contributed by atoms with Crippen LogP contribution in [0.25, 0.3) is 0 Å². The van der Waals surface area contributed by atoms with Gasteiger partial charge in [-0.15, -0.1) is 0 Å². The van der Waals surface area contributed by atoms with Crippen molar-refractivity contribution >= 4 is 15.9 Å². The van der Waals surface area contributed by atoms with E-state index in [4.69, 9.17) is 5.84 Å². The molecule has 2 aromatic rings.